The molecule has 1 aromatic carbocycles. The summed E-state index contributed by atoms with van der Waals surface area (Å²) in [4.78, 5) is 0. The molecule has 0 unspecified atom stereocenters. The van der Waals surface area contributed by atoms with E-state index in [2.05, 4.69) is 13.8 Å². The first-order valence-corrected chi connectivity index (χ1v) is 4.52. The van der Waals surface area contributed by atoms with E-state index < -0.39 is 0 Å². The lowest BCUT2D eigenvalue weighted by molar-refractivity contribution is 0.260. The van der Waals surface area contributed by atoms with Crippen LogP contribution in [0.1, 0.15) is 36.5 Å². The first-order chi connectivity index (χ1) is 6.19. The third kappa shape index (κ3) is 2.29. The van der Waals surface area contributed by atoms with Crippen LogP contribution < -0.4 is 0 Å². The van der Waals surface area contributed by atoms with Gasteiger partial charge in [0, 0.05) is 0 Å². The number of hydrogen-bond acceptors (Lipinski definition) is 2. The maximum atomic E-state index is 9.04. The summed E-state index contributed by atoms with van der Waals surface area (Å²) < 4.78 is 0. The Bertz CT molecular complexity index is 279. The normalized spacial score (nSPS) is 10.8. The van der Waals surface area contributed by atoms with Crippen molar-refractivity contribution in [1.82, 2.24) is 0 Å². The second-order valence-electron chi connectivity index (χ2n) is 3.50. The molecule has 0 bridgehead atoms. The van der Waals surface area contributed by atoms with Gasteiger partial charge in [0.2, 0.25) is 0 Å². The molecular formula is C11H16O2. The monoisotopic (exact) mass is 180 g/mol. The SMILES string of the molecule is CC(C)c1ccc(CO)c(CO)c1. The van der Waals surface area contributed by atoms with Crippen LogP contribution in [0.3, 0.4) is 0 Å². The van der Waals surface area contributed by atoms with Crippen LogP contribution in [0.15, 0.2) is 18.2 Å². The van der Waals surface area contributed by atoms with Crippen molar-refractivity contribution >= 4 is 0 Å². The van der Waals surface area contributed by atoms with Crippen molar-refractivity contribution in [3.8, 4) is 0 Å². The van der Waals surface area contributed by atoms with Crippen LogP contribution in [0.5, 0.6) is 0 Å². The molecule has 13 heavy (non-hydrogen) atoms. The zero-order valence-corrected chi connectivity index (χ0v) is 8.12. The highest BCUT2D eigenvalue weighted by molar-refractivity contribution is 5.32. The second-order valence-corrected chi connectivity index (χ2v) is 3.50. The van der Waals surface area contributed by atoms with E-state index in [1.165, 1.54) is 5.56 Å². The average molecular weight is 180 g/mol. The maximum Gasteiger partial charge on any atom is 0.0685 e. The van der Waals surface area contributed by atoms with E-state index in [9.17, 15) is 0 Å². The number of aliphatic hydroxyl groups excluding tert-OH is 2. The second kappa shape index (κ2) is 4.40. The smallest absolute Gasteiger partial charge is 0.0685 e. The van der Waals surface area contributed by atoms with E-state index in [0.717, 1.165) is 11.1 Å². The fraction of sp³-hybridized carbons (Fsp3) is 0.455. The largest absolute Gasteiger partial charge is 0.392 e. The predicted octanol–water partition coefficient (Wildman–Crippen LogP) is 1.79. The van der Waals surface area contributed by atoms with Gasteiger partial charge in [0.1, 0.15) is 0 Å². The maximum absolute atomic E-state index is 9.04. The summed E-state index contributed by atoms with van der Waals surface area (Å²) in [6.45, 7) is 4.20. The molecule has 0 heterocycles. The minimum Gasteiger partial charge on any atom is -0.392 e. The first kappa shape index (κ1) is 10.2. The highest BCUT2D eigenvalue weighted by Crippen LogP contribution is 2.18. The van der Waals surface area contributed by atoms with Crippen LogP contribution in [0.2, 0.25) is 0 Å². The lowest BCUT2D eigenvalue weighted by Crippen LogP contribution is -1.97. The molecule has 0 radical (unpaired) electrons. The molecule has 0 saturated heterocycles. The summed E-state index contributed by atoms with van der Waals surface area (Å²) >= 11 is 0. The highest BCUT2D eigenvalue weighted by Gasteiger charge is 2.04. The molecule has 0 aliphatic carbocycles. The van der Waals surface area contributed by atoms with Gasteiger partial charge >= 0.3 is 0 Å². The molecule has 0 amide bonds. The lowest BCUT2D eigenvalue weighted by Gasteiger charge is -2.10. The number of hydrogen-bond donors (Lipinski definition) is 2. The van der Waals surface area contributed by atoms with Crippen molar-refractivity contribution in [3.05, 3.63) is 34.9 Å². The van der Waals surface area contributed by atoms with Gasteiger partial charge in [-0.3, -0.25) is 0 Å². The molecule has 72 valence electrons. The molecule has 0 aliphatic rings. The Morgan fingerprint density at radius 2 is 1.69 bits per heavy atom. The average Bonchev–Trinajstić information content (AvgIpc) is 2.16. The standard InChI is InChI=1S/C11H16O2/c1-8(2)9-3-4-10(6-12)11(5-9)7-13/h3-5,8,12-13H,6-7H2,1-2H3. The van der Waals surface area contributed by atoms with Gasteiger partial charge in [0.15, 0.2) is 0 Å². The van der Waals surface area contributed by atoms with Crippen LogP contribution >= 0.6 is 0 Å². The molecule has 0 aromatic heterocycles. The van der Waals surface area contributed by atoms with Gasteiger partial charge in [-0.1, -0.05) is 32.0 Å². The predicted molar refractivity (Wildman–Crippen MR) is 52.4 cm³/mol. The van der Waals surface area contributed by atoms with Crippen molar-refractivity contribution in [2.75, 3.05) is 0 Å². The number of rotatable bonds is 3. The third-order valence-corrected chi connectivity index (χ3v) is 2.24. The van der Waals surface area contributed by atoms with Crippen molar-refractivity contribution in [3.63, 3.8) is 0 Å². The van der Waals surface area contributed by atoms with Crippen LogP contribution in [-0.4, -0.2) is 10.2 Å². The number of benzene rings is 1. The first-order valence-electron chi connectivity index (χ1n) is 4.52. The summed E-state index contributed by atoms with van der Waals surface area (Å²) in [7, 11) is 0. The number of aliphatic hydroxyl groups is 2. The van der Waals surface area contributed by atoms with E-state index >= 15 is 0 Å². The molecule has 2 N–H and O–H groups in total. The molecule has 0 atom stereocenters. The summed E-state index contributed by atoms with van der Waals surface area (Å²) in [6, 6.07) is 5.83. The van der Waals surface area contributed by atoms with Gasteiger partial charge in [-0.25, -0.2) is 0 Å². The lowest BCUT2D eigenvalue weighted by atomic mass is 9.98. The van der Waals surface area contributed by atoms with Crippen molar-refractivity contribution in [2.24, 2.45) is 0 Å². The Labute approximate surface area is 78.8 Å². The molecule has 1 rings (SSSR count). The fourth-order valence-corrected chi connectivity index (χ4v) is 1.31. The van der Waals surface area contributed by atoms with Crippen LogP contribution in [-0.2, 0) is 13.2 Å². The molecule has 2 heteroatoms. The van der Waals surface area contributed by atoms with E-state index in [-0.39, 0.29) is 13.2 Å². The topological polar surface area (TPSA) is 40.5 Å². The Hall–Kier alpha value is -0.860. The highest BCUT2D eigenvalue weighted by atomic mass is 16.3. The quantitative estimate of drug-likeness (QED) is 0.744. The van der Waals surface area contributed by atoms with Crippen molar-refractivity contribution in [1.29, 1.82) is 0 Å². The van der Waals surface area contributed by atoms with Crippen molar-refractivity contribution < 1.29 is 10.2 Å². The van der Waals surface area contributed by atoms with Gasteiger partial charge in [-0.15, -0.1) is 0 Å². The minimum atomic E-state index is -0.00569. The summed E-state index contributed by atoms with van der Waals surface area (Å²) in [5.74, 6) is 0.457. The zero-order chi connectivity index (χ0) is 9.84. The molecule has 0 aliphatic heterocycles. The Morgan fingerprint density at radius 1 is 1.08 bits per heavy atom. The Kier molecular flexibility index (Phi) is 3.46. The van der Waals surface area contributed by atoms with E-state index in [4.69, 9.17) is 10.2 Å². The zero-order valence-electron chi connectivity index (χ0n) is 8.12. The molecule has 0 fully saturated rings. The van der Waals surface area contributed by atoms with Gasteiger partial charge in [-0.05, 0) is 22.6 Å². The van der Waals surface area contributed by atoms with Crippen LogP contribution in [0.25, 0.3) is 0 Å². The Morgan fingerprint density at radius 3 is 2.15 bits per heavy atom. The molecule has 0 saturated carbocycles. The fourth-order valence-electron chi connectivity index (χ4n) is 1.31. The van der Waals surface area contributed by atoms with Crippen molar-refractivity contribution in [2.45, 2.75) is 33.0 Å². The van der Waals surface area contributed by atoms with Gasteiger partial charge in [0.05, 0.1) is 13.2 Å². The van der Waals surface area contributed by atoms with Gasteiger partial charge < -0.3 is 10.2 Å². The third-order valence-electron chi connectivity index (χ3n) is 2.24. The van der Waals surface area contributed by atoms with Crippen LogP contribution in [0, 0.1) is 0 Å². The summed E-state index contributed by atoms with van der Waals surface area (Å²) in [6.07, 6.45) is 0. The summed E-state index contributed by atoms with van der Waals surface area (Å²) in [5.41, 5.74) is 2.84. The van der Waals surface area contributed by atoms with Gasteiger partial charge in [-0.2, -0.15) is 0 Å². The van der Waals surface area contributed by atoms with Gasteiger partial charge in [0.25, 0.3) is 0 Å². The molecular weight excluding hydrogens is 164 g/mol. The molecule has 2 nitrogen and oxygen atoms in total. The molecule has 1 aromatic rings. The Balaban J connectivity index is 3.05. The van der Waals surface area contributed by atoms with E-state index in [0.29, 0.717) is 5.92 Å². The summed E-state index contributed by atoms with van der Waals surface area (Å²) in [5, 5.41) is 18.0. The van der Waals surface area contributed by atoms with Crippen LogP contribution in [0.4, 0.5) is 0 Å². The molecule has 0 spiro atoms. The van der Waals surface area contributed by atoms with E-state index in [1.54, 1.807) is 0 Å². The minimum absolute atomic E-state index is 0.00352. The van der Waals surface area contributed by atoms with E-state index in [1.807, 2.05) is 18.2 Å².